The zero-order chi connectivity index (χ0) is 14.3. The molecule has 0 N–H and O–H groups in total. The topological polar surface area (TPSA) is 44.8 Å². The lowest BCUT2D eigenvalue weighted by Gasteiger charge is -2.12. The average molecular weight is 331 g/mol. The summed E-state index contributed by atoms with van der Waals surface area (Å²) in [5.74, 6) is 1.20. The van der Waals surface area contributed by atoms with Crippen LogP contribution in [-0.4, -0.2) is 33.2 Å². The molecule has 0 atom stereocenters. The number of ether oxygens (including phenoxy) is 3. The molecule has 0 aliphatic rings. The number of benzene rings is 1. The van der Waals surface area contributed by atoms with Crippen molar-refractivity contribution in [2.75, 3.05) is 27.4 Å². The van der Waals surface area contributed by atoms with E-state index in [4.69, 9.17) is 14.2 Å². The number of ketones is 1. The third kappa shape index (κ3) is 4.21. The standard InChI is InChI=1S/C14H19BrO4/c1-4-19-9-5-6-11(16)10-7-8-12(17-2)13(15)14(10)18-3/h7-8H,4-6,9H2,1-3H3. The number of halogens is 1. The number of carbonyl (C=O) groups is 1. The van der Waals surface area contributed by atoms with Crippen LogP contribution < -0.4 is 9.47 Å². The van der Waals surface area contributed by atoms with E-state index >= 15 is 0 Å². The van der Waals surface area contributed by atoms with Gasteiger partial charge in [-0.2, -0.15) is 0 Å². The second-order valence-corrected chi connectivity index (χ2v) is 4.68. The third-order valence-electron chi connectivity index (χ3n) is 2.68. The van der Waals surface area contributed by atoms with Gasteiger partial charge in [-0.3, -0.25) is 4.79 Å². The van der Waals surface area contributed by atoms with Crippen molar-refractivity contribution in [3.05, 3.63) is 22.2 Å². The fraction of sp³-hybridized carbons (Fsp3) is 0.500. The molecule has 5 heteroatoms. The van der Waals surface area contributed by atoms with Crippen molar-refractivity contribution in [1.29, 1.82) is 0 Å². The van der Waals surface area contributed by atoms with Crippen molar-refractivity contribution in [3.63, 3.8) is 0 Å². The van der Waals surface area contributed by atoms with Crippen molar-refractivity contribution in [2.45, 2.75) is 19.8 Å². The monoisotopic (exact) mass is 330 g/mol. The van der Waals surface area contributed by atoms with Crippen LogP contribution in [0.25, 0.3) is 0 Å². The molecule has 1 rings (SSSR count). The molecular formula is C14H19BrO4. The van der Waals surface area contributed by atoms with Gasteiger partial charge in [-0.15, -0.1) is 0 Å². The lowest BCUT2D eigenvalue weighted by atomic mass is 10.1. The summed E-state index contributed by atoms with van der Waals surface area (Å²) in [6.45, 7) is 3.21. The number of hydrogen-bond acceptors (Lipinski definition) is 4. The van der Waals surface area contributed by atoms with Gasteiger partial charge in [0, 0.05) is 19.6 Å². The zero-order valence-electron chi connectivity index (χ0n) is 11.5. The van der Waals surface area contributed by atoms with Crippen LogP contribution in [0.1, 0.15) is 30.1 Å². The highest BCUT2D eigenvalue weighted by molar-refractivity contribution is 9.10. The van der Waals surface area contributed by atoms with Crippen LogP contribution in [0.4, 0.5) is 0 Å². The minimum absolute atomic E-state index is 0.0416. The van der Waals surface area contributed by atoms with Gasteiger partial charge in [-0.05, 0) is 41.4 Å². The number of methoxy groups -OCH3 is 2. The van der Waals surface area contributed by atoms with E-state index in [0.29, 0.717) is 47.6 Å². The summed E-state index contributed by atoms with van der Waals surface area (Å²) in [5, 5.41) is 0. The fourth-order valence-electron chi connectivity index (χ4n) is 1.73. The highest BCUT2D eigenvalue weighted by atomic mass is 79.9. The Labute approximate surface area is 122 Å². The quantitative estimate of drug-likeness (QED) is 0.540. The molecule has 0 unspecified atom stereocenters. The number of hydrogen-bond donors (Lipinski definition) is 0. The molecule has 0 spiro atoms. The molecule has 0 aliphatic heterocycles. The summed E-state index contributed by atoms with van der Waals surface area (Å²) in [7, 11) is 3.11. The summed E-state index contributed by atoms with van der Waals surface area (Å²) in [4.78, 5) is 12.1. The van der Waals surface area contributed by atoms with Gasteiger partial charge in [0.2, 0.25) is 0 Å². The van der Waals surface area contributed by atoms with Crippen LogP contribution >= 0.6 is 15.9 Å². The summed E-state index contributed by atoms with van der Waals surface area (Å²) in [6.07, 6.45) is 1.15. The molecular weight excluding hydrogens is 312 g/mol. The molecule has 0 fully saturated rings. The molecule has 0 amide bonds. The van der Waals surface area contributed by atoms with E-state index in [0.717, 1.165) is 0 Å². The first-order valence-electron chi connectivity index (χ1n) is 6.17. The molecule has 0 bridgehead atoms. The van der Waals surface area contributed by atoms with Crippen LogP contribution in [0.15, 0.2) is 16.6 Å². The largest absolute Gasteiger partial charge is 0.495 e. The fourth-order valence-corrected chi connectivity index (χ4v) is 2.40. The molecule has 19 heavy (non-hydrogen) atoms. The van der Waals surface area contributed by atoms with E-state index in [-0.39, 0.29) is 5.78 Å². The van der Waals surface area contributed by atoms with E-state index in [2.05, 4.69) is 15.9 Å². The first-order chi connectivity index (χ1) is 9.15. The SMILES string of the molecule is CCOCCCC(=O)c1ccc(OC)c(Br)c1OC. The van der Waals surface area contributed by atoms with Crippen LogP contribution in [0.2, 0.25) is 0 Å². The van der Waals surface area contributed by atoms with Gasteiger partial charge >= 0.3 is 0 Å². The maximum Gasteiger partial charge on any atom is 0.166 e. The zero-order valence-corrected chi connectivity index (χ0v) is 13.1. The van der Waals surface area contributed by atoms with Gasteiger partial charge < -0.3 is 14.2 Å². The Morgan fingerprint density at radius 2 is 2.00 bits per heavy atom. The first kappa shape index (κ1) is 16.0. The highest BCUT2D eigenvalue weighted by Crippen LogP contribution is 2.37. The summed E-state index contributed by atoms with van der Waals surface area (Å²) in [5.41, 5.74) is 0.562. The van der Waals surface area contributed by atoms with Crippen molar-refractivity contribution in [1.82, 2.24) is 0 Å². The second-order valence-electron chi connectivity index (χ2n) is 3.89. The predicted molar refractivity (Wildman–Crippen MR) is 77.3 cm³/mol. The summed E-state index contributed by atoms with van der Waals surface area (Å²) in [6, 6.07) is 3.48. The van der Waals surface area contributed by atoms with Gasteiger partial charge in [0.1, 0.15) is 16.0 Å². The second kappa shape index (κ2) is 8.17. The minimum Gasteiger partial charge on any atom is -0.495 e. The maximum absolute atomic E-state index is 12.1. The molecule has 0 saturated carbocycles. The van der Waals surface area contributed by atoms with Crippen molar-refractivity contribution in [2.24, 2.45) is 0 Å². The Hall–Kier alpha value is -1.07. The Morgan fingerprint density at radius 3 is 2.58 bits per heavy atom. The maximum atomic E-state index is 12.1. The molecule has 0 saturated heterocycles. The smallest absolute Gasteiger partial charge is 0.166 e. The molecule has 0 heterocycles. The van der Waals surface area contributed by atoms with Crippen molar-refractivity contribution in [3.8, 4) is 11.5 Å². The Kier molecular flexibility index (Phi) is 6.87. The number of rotatable bonds is 8. The lowest BCUT2D eigenvalue weighted by Crippen LogP contribution is -2.05. The van der Waals surface area contributed by atoms with E-state index < -0.39 is 0 Å². The first-order valence-corrected chi connectivity index (χ1v) is 6.96. The van der Waals surface area contributed by atoms with Gasteiger partial charge in [-0.25, -0.2) is 0 Å². The predicted octanol–water partition coefficient (Wildman–Crippen LogP) is 3.47. The highest BCUT2D eigenvalue weighted by Gasteiger charge is 2.17. The number of carbonyl (C=O) groups excluding carboxylic acids is 1. The van der Waals surface area contributed by atoms with Crippen LogP contribution in [0.3, 0.4) is 0 Å². The molecule has 0 aromatic heterocycles. The Bertz CT molecular complexity index is 432. The molecule has 106 valence electrons. The van der Waals surface area contributed by atoms with Gasteiger partial charge in [0.05, 0.1) is 19.8 Å². The van der Waals surface area contributed by atoms with Crippen LogP contribution in [0.5, 0.6) is 11.5 Å². The third-order valence-corrected chi connectivity index (χ3v) is 3.43. The summed E-state index contributed by atoms with van der Waals surface area (Å²) < 4.78 is 16.3. The van der Waals surface area contributed by atoms with Crippen LogP contribution in [0, 0.1) is 0 Å². The average Bonchev–Trinajstić information content (AvgIpc) is 2.43. The van der Waals surface area contributed by atoms with Crippen LogP contribution in [-0.2, 0) is 4.74 Å². The molecule has 0 radical (unpaired) electrons. The summed E-state index contributed by atoms with van der Waals surface area (Å²) >= 11 is 3.39. The Morgan fingerprint density at radius 1 is 1.26 bits per heavy atom. The molecule has 4 nitrogen and oxygen atoms in total. The van der Waals surface area contributed by atoms with Gasteiger partial charge in [0.25, 0.3) is 0 Å². The molecule has 1 aromatic carbocycles. The normalized spacial score (nSPS) is 10.3. The van der Waals surface area contributed by atoms with Crippen molar-refractivity contribution < 1.29 is 19.0 Å². The molecule has 1 aromatic rings. The molecule has 0 aliphatic carbocycles. The lowest BCUT2D eigenvalue weighted by molar-refractivity contribution is 0.0944. The van der Waals surface area contributed by atoms with E-state index in [1.54, 1.807) is 19.2 Å². The number of Topliss-reactive ketones (excluding diaryl/α,β-unsaturated/α-hetero) is 1. The van der Waals surface area contributed by atoms with Gasteiger partial charge in [-0.1, -0.05) is 0 Å². The van der Waals surface area contributed by atoms with E-state index in [1.165, 1.54) is 7.11 Å². The van der Waals surface area contributed by atoms with E-state index in [9.17, 15) is 4.79 Å². The van der Waals surface area contributed by atoms with Crippen molar-refractivity contribution >= 4 is 21.7 Å². The van der Waals surface area contributed by atoms with Gasteiger partial charge in [0.15, 0.2) is 5.78 Å². The van der Waals surface area contributed by atoms with E-state index in [1.807, 2.05) is 6.92 Å². The minimum atomic E-state index is 0.0416. The Balaban J connectivity index is 2.82.